The lowest BCUT2D eigenvalue weighted by molar-refractivity contribution is 0.571. The predicted octanol–water partition coefficient (Wildman–Crippen LogP) is 5.12. The number of tetrazole rings is 1. The molecule has 4 aromatic rings. The van der Waals surface area contributed by atoms with Crippen molar-refractivity contribution in [2.45, 2.75) is 65.3 Å². The van der Waals surface area contributed by atoms with Crippen molar-refractivity contribution in [3.63, 3.8) is 0 Å². The minimum Gasteiger partial charge on any atom is -0.245 e. The predicted molar refractivity (Wildman–Crippen MR) is 125 cm³/mol. The molecule has 2 atom stereocenters. The third kappa shape index (κ3) is 4.77. The minimum atomic E-state index is 0.376. The molecule has 0 aliphatic heterocycles. The van der Waals surface area contributed by atoms with Gasteiger partial charge in [0.15, 0.2) is 11.6 Å². The van der Waals surface area contributed by atoms with E-state index in [-0.39, 0.29) is 0 Å². The summed E-state index contributed by atoms with van der Waals surface area (Å²) in [6.07, 6.45) is 2.92. The van der Waals surface area contributed by atoms with Gasteiger partial charge in [-0.25, -0.2) is 14.8 Å². The summed E-state index contributed by atoms with van der Waals surface area (Å²) in [6, 6.07) is 17.0. The van der Waals surface area contributed by atoms with Gasteiger partial charge in [-0.05, 0) is 46.4 Å². The van der Waals surface area contributed by atoms with Gasteiger partial charge in [-0.1, -0.05) is 76.2 Å². The van der Waals surface area contributed by atoms with Crippen molar-refractivity contribution < 1.29 is 0 Å². The normalized spacial score (nSPS) is 13.2. The summed E-state index contributed by atoms with van der Waals surface area (Å²) in [7, 11) is 0. The first kappa shape index (κ1) is 21.9. The van der Waals surface area contributed by atoms with Gasteiger partial charge in [-0.15, -0.1) is 5.10 Å². The number of nitrogens with zero attached hydrogens (tertiary/aromatic N) is 6. The lowest BCUT2D eigenvalue weighted by Crippen LogP contribution is -2.09. The first-order valence-corrected chi connectivity index (χ1v) is 11.4. The average molecular weight is 430 g/mol. The third-order valence-electron chi connectivity index (χ3n) is 6.19. The van der Waals surface area contributed by atoms with Gasteiger partial charge in [0.05, 0.1) is 6.54 Å². The maximum Gasteiger partial charge on any atom is 0.179 e. The average Bonchev–Trinajstić information content (AvgIpc) is 3.50. The Morgan fingerprint density at radius 3 is 2.31 bits per heavy atom. The van der Waals surface area contributed by atoms with Crippen molar-refractivity contribution in [1.29, 1.82) is 0 Å². The monoisotopic (exact) mass is 429 g/mol. The number of rotatable bonds is 9. The SMILES string of the molecule is CCC(C)c1nc(C(C)CC)n(Cc2ccc(Cc3ccccc3-c3nnn[nH]3)cc2)n1. The summed E-state index contributed by atoms with van der Waals surface area (Å²) >= 11 is 0. The minimum absolute atomic E-state index is 0.376. The highest BCUT2D eigenvalue weighted by Crippen LogP contribution is 2.24. The van der Waals surface area contributed by atoms with Crippen LogP contribution in [0.4, 0.5) is 0 Å². The molecule has 0 radical (unpaired) electrons. The molecule has 0 saturated heterocycles. The highest BCUT2D eigenvalue weighted by atomic mass is 15.5. The number of H-pyrrole nitrogens is 1. The zero-order chi connectivity index (χ0) is 22.5. The van der Waals surface area contributed by atoms with E-state index in [1.165, 1.54) is 16.7 Å². The molecule has 4 rings (SSSR count). The molecule has 0 aliphatic rings. The molecule has 0 aliphatic carbocycles. The Morgan fingerprint density at radius 1 is 0.906 bits per heavy atom. The van der Waals surface area contributed by atoms with Crippen molar-refractivity contribution in [3.05, 3.63) is 76.9 Å². The molecule has 1 N–H and O–H groups in total. The van der Waals surface area contributed by atoms with Gasteiger partial charge in [0.25, 0.3) is 0 Å². The Balaban J connectivity index is 1.53. The quantitative estimate of drug-likeness (QED) is 0.399. The van der Waals surface area contributed by atoms with Crippen LogP contribution >= 0.6 is 0 Å². The number of nitrogens with one attached hydrogen (secondary N) is 1. The Kier molecular flexibility index (Phi) is 6.73. The summed E-state index contributed by atoms with van der Waals surface area (Å²) in [6.45, 7) is 9.55. The second-order valence-corrected chi connectivity index (χ2v) is 8.50. The van der Waals surface area contributed by atoms with E-state index < -0.39 is 0 Å². The second-order valence-electron chi connectivity index (χ2n) is 8.50. The van der Waals surface area contributed by atoms with Crippen LogP contribution in [0.3, 0.4) is 0 Å². The first-order valence-electron chi connectivity index (χ1n) is 11.4. The number of aromatic amines is 1. The van der Waals surface area contributed by atoms with Crippen LogP contribution < -0.4 is 0 Å². The van der Waals surface area contributed by atoms with Crippen LogP contribution in [0.5, 0.6) is 0 Å². The van der Waals surface area contributed by atoms with Gasteiger partial charge < -0.3 is 0 Å². The fourth-order valence-corrected chi connectivity index (χ4v) is 3.76. The molecule has 2 aromatic heterocycles. The highest BCUT2D eigenvalue weighted by molar-refractivity contribution is 5.60. The topological polar surface area (TPSA) is 85.2 Å². The van der Waals surface area contributed by atoms with Crippen molar-refractivity contribution in [1.82, 2.24) is 35.4 Å². The van der Waals surface area contributed by atoms with Crippen molar-refractivity contribution in [2.24, 2.45) is 0 Å². The molecule has 2 unspecified atom stereocenters. The maximum absolute atomic E-state index is 4.89. The van der Waals surface area contributed by atoms with Crippen LogP contribution in [0.2, 0.25) is 0 Å². The fourth-order valence-electron chi connectivity index (χ4n) is 3.76. The summed E-state index contributed by atoms with van der Waals surface area (Å²) < 4.78 is 2.09. The van der Waals surface area contributed by atoms with E-state index in [1.54, 1.807) is 0 Å². The molecule has 32 heavy (non-hydrogen) atoms. The van der Waals surface area contributed by atoms with E-state index in [4.69, 9.17) is 10.1 Å². The smallest absolute Gasteiger partial charge is 0.179 e. The Morgan fingerprint density at radius 2 is 1.62 bits per heavy atom. The maximum atomic E-state index is 4.89. The lowest BCUT2D eigenvalue weighted by Gasteiger charge is -2.11. The zero-order valence-corrected chi connectivity index (χ0v) is 19.3. The van der Waals surface area contributed by atoms with Gasteiger partial charge in [-0.3, -0.25) is 0 Å². The number of benzene rings is 2. The molecule has 7 heteroatoms. The molecule has 7 nitrogen and oxygen atoms in total. The van der Waals surface area contributed by atoms with Crippen LogP contribution in [0, 0.1) is 0 Å². The van der Waals surface area contributed by atoms with Crippen LogP contribution in [0.1, 0.15) is 80.7 Å². The second kappa shape index (κ2) is 9.85. The van der Waals surface area contributed by atoms with Crippen LogP contribution in [-0.2, 0) is 13.0 Å². The molecular formula is C25H31N7. The standard InChI is InChI=1S/C25H31N7/c1-5-17(3)23-26-25(18(4)6-2)32(29-23)16-20-13-11-19(12-14-20)15-21-9-7-8-10-22(21)24-27-30-31-28-24/h7-14,17-18H,5-6,15-16H2,1-4H3,(H,27,28,30,31). The third-order valence-corrected chi connectivity index (χ3v) is 6.19. The molecular weight excluding hydrogens is 398 g/mol. The van der Waals surface area contributed by atoms with E-state index in [9.17, 15) is 0 Å². The molecule has 2 heterocycles. The number of aromatic nitrogens is 7. The Hall–Kier alpha value is -3.35. The number of hydrogen-bond acceptors (Lipinski definition) is 5. The van der Waals surface area contributed by atoms with Gasteiger partial charge in [0.1, 0.15) is 5.82 Å². The fraction of sp³-hybridized carbons (Fsp3) is 0.400. The van der Waals surface area contributed by atoms with Gasteiger partial charge in [0.2, 0.25) is 0 Å². The lowest BCUT2D eigenvalue weighted by atomic mass is 9.98. The molecule has 0 spiro atoms. The summed E-state index contributed by atoms with van der Waals surface area (Å²) in [5.74, 6) is 3.50. The van der Waals surface area contributed by atoms with Gasteiger partial charge >= 0.3 is 0 Å². The Labute approximate surface area is 189 Å². The first-order chi connectivity index (χ1) is 15.6. The largest absolute Gasteiger partial charge is 0.245 e. The summed E-state index contributed by atoms with van der Waals surface area (Å²) in [5.41, 5.74) is 4.69. The zero-order valence-electron chi connectivity index (χ0n) is 19.3. The summed E-state index contributed by atoms with van der Waals surface area (Å²) in [5, 5.41) is 19.2. The highest BCUT2D eigenvalue weighted by Gasteiger charge is 2.18. The van der Waals surface area contributed by atoms with Crippen molar-refractivity contribution >= 4 is 0 Å². The Bertz CT molecular complexity index is 1130. The molecule has 0 amide bonds. The molecule has 0 saturated carbocycles. The molecule has 166 valence electrons. The van der Waals surface area contributed by atoms with Gasteiger partial charge in [0, 0.05) is 17.4 Å². The molecule has 2 aromatic carbocycles. The van der Waals surface area contributed by atoms with Crippen LogP contribution in [0.25, 0.3) is 11.4 Å². The van der Waals surface area contributed by atoms with E-state index in [0.29, 0.717) is 17.7 Å². The van der Waals surface area contributed by atoms with Gasteiger partial charge in [-0.2, -0.15) is 5.10 Å². The van der Waals surface area contributed by atoms with E-state index in [0.717, 1.165) is 43.0 Å². The van der Waals surface area contributed by atoms with E-state index in [2.05, 4.69) is 83.3 Å². The van der Waals surface area contributed by atoms with Crippen molar-refractivity contribution in [2.75, 3.05) is 0 Å². The van der Waals surface area contributed by atoms with E-state index >= 15 is 0 Å². The molecule has 0 bridgehead atoms. The van der Waals surface area contributed by atoms with E-state index in [1.807, 2.05) is 18.2 Å². The van der Waals surface area contributed by atoms with Crippen LogP contribution in [-0.4, -0.2) is 35.4 Å². The van der Waals surface area contributed by atoms with Crippen molar-refractivity contribution in [3.8, 4) is 11.4 Å². The molecule has 0 fully saturated rings. The number of hydrogen-bond donors (Lipinski definition) is 1. The van der Waals surface area contributed by atoms with Crippen LogP contribution in [0.15, 0.2) is 48.5 Å². The summed E-state index contributed by atoms with van der Waals surface area (Å²) in [4.78, 5) is 4.89.